The van der Waals surface area contributed by atoms with Crippen molar-refractivity contribution in [2.24, 2.45) is 0 Å². The Morgan fingerprint density at radius 3 is 2.82 bits per heavy atom. The lowest BCUT2D eigenvalue weighted by Crippen LogP contribution is -2.23. The van der Waals surface area contributed by atoms with E-state index < -0.39 is 0 Å². The molecule has 1 aliphatic heterocycles. The van der Waals surface area contributed by atoms with Crippen molar-refractivity contribution in [1.82, 2.24) is 24.5 Å². The van der Waals surface area contributed by atoms with E-state index >= 15 is 0 Å². The van der Waals surface area contributed by atoms with E-state index in [2.05, 4.69) is 51.2 Å². The quantitative estimate of drug-likeness (QED) is 0.745. The Labute approximate surface area is 129 Å². The van der Waals surface area contributed by atoms with Crippen LogP contribution in [0.2, 0.25) is 0 Å². The minimum atomic E-state index is 0.463. The van der Waals surface area contributed by atoms with Crippen LogP contribution in [0.25, 0.3) is 16.9 Å². The molecule has 0 bridgehead atoms. The van der Waals surface area contributed by atoms with E-state index in [1.54, 1.807) is 4.52 Å². The predicted molar refractivity (Wildman–Crippen MR) is 85.4 cm³/mol. The molecule has 0 unspecified atom stereocenters. The molecular weight excluding hydrogens is 274 g/mol. The maximum Gasteiger partial charge on any atom is 0.252 e. The van der Waals surface area contributed by atoms with E-state index in [1.165, 1.54) is 43.4 Å². The topological polar surface area (TPSA) is 46.3 Å². The maximum absolute atomic E-state index is 4.35. The van der Waals surface area contributed by atoms with Crippen LogP contribution in [-0.2, 0) is 0 Å². The monoisotopic (exact) mass is 293 g/mol. The van der Waals surface area contributed by atoms with Crippen LogP contribution in [0.3, 0.4) is 0 Å². The van der Waals surface area contributed by atoms with Gasteiger partial charge in [0.05, 0.1) is 0 Å². The molecule has 0 spiro atoms. The van der Waals surface area contributed by atoms with Crippen molar-refractivity contribution in [3.05, 3.63) is 48.5 Å². The Balaban J connectivity index is 1.68. The molecule has 1 saturated heterocycles. The minimum absolute atomic E-state index is 0.463. The molecule has 0 saturated carbocycles. The molecule has 4 rings (SSSR count). The summed E-state index contributed by atoms with van der Waals surface area (Å²) in [5.74, 6) is 0.630. The Bertz CT molecular complexity index is 788. The van der Waals surface area contributed by atoms with Crippen molar-refractivity contribution in [3.8, 4) is 11.1 Å². The summed E-state index contributed by atoms with van der Waals surface area (Å²) in [6, 6.07) is 9.20. The van der Waals surface area contributed by atoms with Crippen LogP contribution in [0.15, 0.2) is 43.0 Å². The Kier molecular flexibility index (Phi) is 3.35. The number of fused-ring (bicyclic) bond motifs is 1. The second-order valence-electron chi connectivity index (χ2n) is 5.89. The highest BCUT2D eigenvalue weighted by Crippen LogP contribution is 2.28. The van der Waals surface area contributed by atoms with E-state index in [-0.39, 0.29) is 0 Å². The molecule has 112 valence electrons. The first-order chi connectivity index (χ1) is 10.8. The van der Waals surface area contributed by atoms with Gasteiger partial charge in [0.2, 0.25) is 0 Å². The number of aromatic nitrogens is 4. The lowest BCUT2D eigenvalue weighted by molar-refractivity contribution is 0.263. The molecule has 2 aromatic heterocycles. The second-order valence-corrected chi connectivity index (χ2v) is 5.89. The van der Waals surface area contributed by atoms with Crippen molar-refractivity contribution >= 4 is 5.78 Å². The van der Waals surface area contributed by atoms with Gasteiger partial charge in [0.25, 0.3) is 5.78 Å². The zero-order valence-corrected chi connectivity index (χ0v) is 12.7. The van der Waals surface area contributed by atoms with Crippen LogP contribution < -0.4 is 0 Å². The number of hydrogen-bond donors (Lipinski definition) is 0. The van der Waals surface area contributed by atoms with Crippen LogP contribution in [0.1, 0.15) is 31.4 Å². The third-order valence-corrected chi connectivity index (χ3v) is 4.53. The minimum Gasteiger partial charge on any atom is -0.297 e. The summed E-state index contributed by atoms with van der Waals surface area (Å²) < 4.78 is 1.71. The van der Waals surface area contributed by atoms with Gasteiger partial charge in [-0.2, -0.15) is 10.1 Å². The summed E-state index contributed by atoms with van der Waals surface area (Å²) in [5, 5.41) is 4.16. The SMILES string of the molecule is C[C@@H](c1cccc(-c2cnc3ncnn3c2)c1)N1CCCC1. The number of benzene rings is 1. The van der Waals surface area contributed by atoms with Gasteiger partial charge in [-0.15, -0.1) is 0 Å². The van der Waals surface area contributed by atoms with Crippen molar-refractivity contribution < 1.29 is 0 Å². The van der Waals surface area contributed by atoms with Crippen molar-refractivity contribution in [1.29, 1.82) is 0 Å². The van der Waals surface area contributed by atoms with Crippen LogP contribution in [0, 0.1) is 0 Å². The molecule has 22 heavy (non-hydrogen) atoms. The van der Waals surface area contributed by atoms with E-state index in [4.69, 9.17) is 0 Å². The molecule has 1 aliphatic rings. The number of rotatable bonds is 3. The fourth-order valence-corrected chi connectivity index (χ4v) is 3.19. The highest BCUT2D eigenvalue weighted by atomic mass is 15.3. The molecule has 0 N–H and O–H groups in total. The Morgan fingerprint density at radius 2 is 1.95 bits per heavy atom. The standard InChI is InChI=1S/C17H19N5/c1-13(21-7-2-3-8-21)14-5-4-6-15(9-14)16-10-18-17-19-12-20-22(17)11-16/h4-6,9-13H,2-3,7-8H2,1H3/t13-/m0/s1. The highest BCUT2D eigenvalue weighted by molar-refractivity contribution is 5.63. The largest absolute Gasteiger partial charge is 0.297 e. The lowest BCUT2D eigenvalue weighted by Gasteiger charge is -2.24. The zero-order valence-electron chi connectivity index (χ0n) is 12.7. The molecule has 3 aromatic rings. The maximum atomic E-state index is 4.35. The fraction of sp³-hybridized carbons (Fsp3) is 0.353. The van der Waals surface area contributed by atoms with Crippen LogP contribution in [-0.4, -0.2) is 37.6 Å². The summed E-state index contributed by atoms with van der Waals surface area (Å²) in [4.78, 5) is 11.0. The van der Waals surface area contributed by atoms with Crippen molar-refractivity contribution in [2.45, 2.75) is 25.8 Å². The molecule has 1 aromatic carbocycles. The van der Waals surface area contributed by atoms with Crippen LogP contribution >= 0.6 is 0 Å². The Hall–Kier alpha value is -2.27. The summed E-state index contributed by atoms with van der Waals surface area (Å²) in [6.07, 6.45) is 8.00. The summed E-state index contributed by atoms with van der Waals surface area (Å²) in [5.41, 5.74) is 3.60. The van der Waals surface area contributed by atoms with Gasteiger partial charge in [0.15, 0.2) is 0 Å². The van der Waals surface area contributed by atoms with Crippen LogP contribution in [0.5, 0.6) is 0 Å². The van der Waals surface area contributed by atoms with E-state index in [1.807, 2.05) is 12.4 Å². The molecular formula is C17H19N5. The first-order valence-corrected chi connectivity index (χ1v) is 7.81. The number of hydrogen-bond acceptors (Lipinski definition) is 4. The van der Waals surface area contributed by atoms with Crippen LogP contribution in [0.4, 0.5) is 0 Å². The second kappa shape index (κ2) is 5.50. The lowest BCUT2D eigenvalue weighted by atomic mass is 10.0. The molecule has 5 nitrogen and oxygen atoms in total. The Morgan fingerprint density at radius 1 is 1.09 bits per heavy atom. The predicted octanol–water partition coefficient (Wildman–Crippen LogP) is 2.95. The first kappa shape index (κ1) is 13.4. The molecule has 0 amide bonds. The smallest absolute Gasteiger partial charge is 0.252 e. The van der Waals surface area contributed by atoms with Gasteiger partial charge in [-0.05, 0) is 50.0 Å². The molecule has 5 heteroatoms. The van der Waals surface area contributed by atoms with Crippen molar-refractivity contribution in [3.63, 3.8) is 0 Å². The van der Waals surface area contributed by atoms with Crippen molar-refractivity contribution in [2.75, 3.05) is 13.1 Å². The molecule has 1 fully saturated rings. The van der Waals surface area contributed by atoms with Gasteiger partial charge in [0.1, 0.15) is 6.33 Å². The summed E-state index contributed by atoms with van der Waals surface area (Å²) >= 11 is 0. The highest BCUT2D eigenvalue weighted by Gasteiger charge is 2.19. The van der Waals surface area contributed by atoms with E-state index in [0.29, 0.717) is 11.8 Å². The van der Waals surface area contributed by atoms with Gasteiger partial charge >= 0.3 is 0 Å². The first-order valence-electron chi connectivity index (χ1n) is 7.81. The molecule has 3 heterocycles. The zero-order chi connectivity index (χ0) is 14.9. The molecule has 0 aliphatic carbocycles. The molecule has 1 atom stereocenters. The van der Waals surface area contributed by atoms with E-state index in [9.17, 15) is 0 Å². The fourth-order valence-electron chi connectivity index (χ4n) is 3.19. The third kappa shape index (κ3) is 2.37. The number of likely N-dealkylation sites (tertiary alicyclic amines) is 1. The summed E-state index contributed by atoms with van der Waals surface area (Å²) in [6.45, 7) is 4.71. The van der Waals surface area contributed by atoms with Gasteiger partial charge in [0, 0.05) is 24.0 Å². The average Bonchev–Trinajstić information content (AvgIpc) is 3.25. The average molecular weight is 293 g/mol. The normalized spacial score (nSPS) is 17.1. The van der Waals surface area contributed by atoms with Gasteiger partial charge in [-0.1, -0.05) is 18.2 Å². The number of nitrogens with zero attached hydrogens (tertiary/aromatic N) is 5. The van der Waals surface area contributed by atoms with Gasteiger partial charge < -0.3 is 0 Å². The third-order valence-electron chi connectivity index (χ3n) is 4.53. The van der Waals surface area contributed by atoms with Gasteiger partial charge in [-0.25, -0.2) is 9.50 Å². The van der Waals surface area contributed by atoms with E-state index in [0.717, 1.165) is 5.56 Å². The molecule has 0 radical (unpaired) electrons. The van der Waals surface area contributed by atoms with Gasteiger partial charge in [-0.3, -0.25) is 4.90 Å². The summed E-state index contributed by atoms with van der Waals surface area (Å²) in [7, 11) is 0.